The number of aromatic nitrogens is 2. The number of carbonyl (C=O) groups excluding carboxylic acids is 1. The minimum Gasteiger partial charge on any atom is -0.507 e. The first-order chi connectivity index (χ1) is 19.1. The molecule has 204 valence electrons. The molecule has 9 nitrogen and oxygen atoms in total. The van der Waals surface area contributed by atoms with E-state index in [0.717, 1.165) is 28.9 Å². The summed E-state index contributed by atoms with van der Waals surface area (Å²) in [4.78, 5) is 43.6. The minimum atomic E-state index is -1.37. The number of nitrogens with zero attached hydrogens (tertiary/aromatic N) is 1. The number of aliphatic carboxylic acids is 2. The van der Waals surface area contributed by atoms with Gasteiger partial charge in [0.15, 0.2) is 0 Å². The molecule has 0 saturated carbocycles. The number of phenolic OH excluding ortho intramolecular Hbond substituents is 1. The van der Waals surface area contributed by atoms with Gasteiger partial charge in [-0.25, -0.2) is 9.78 Å². The summed E-state index contributed by atoms with van der Waals surface area (Å²) >= 11 is 0. The Morgan fingerprint density at radius 3 is 2.52 bits per heavy atom. The molecule has 5 N–H and O–H groups in total. The second kappa shape index (κ2) is 10.3. The molecule has 0 spiro atoms. The summed E-state index contributed by atoms with van der Waals surface area (Å²) in [6.45, 7) is 4.22. The highest BCUT2D eigenvalue weighted by Gasteiger charge is 2.35. The van der Waals surface area contributed by atoms with E-state index in [1.54, 1.807) is 12.1 Å². The van der Waals surface area contributed by atoms with Crippen molar-refractivity contribution in [1.29, 1.82) is 0 Å². The van der Waals surface area contributed by atoms with Crippen LogP contribution in [0.25, 0.3) is 27.4 Å². The van der Waals surface area contributed by atoms with Crippen molar-refractivity contribution >= 4 is 45.2 Å². The standard InChI is InChI=1S/C31H29N3O6/c1-17-8-9-20(18-6-4-3-5-7-18)16-31(17,2)30-33-22-11-10-19-14-21(15-24(35)26(19)27(22)34-30)28(38)32-23(29(39)40)12-13-25(36)37/h3-11,14-15,23,35H,12-13,16H2,1-2H3,(H,32,38)(H,33,34)(H,36,37)(H,39,40)/t23-,31?/m0/s1. The Bertz CT molecular complexity index is 1720. The van der Waals surface area contributed by atoms with Gasteiger partial charge in [0, 0.05) is 12.0 Å². The van der Waals surface area contributed by atoms with Crippen LogP contribution in [0.1, 0.15) is 54.9 Å². The van der Waals surface area contributed by atoms with Gasteiger partial charge in [-0.3, -0.25) is 9.59 Å². The monoisotopic (exact) mass is 539 g/mol. The third-order valence-corrected chi connectivity index (χ3v) is 7.67. The quantitative estimate of drug-likeness (QED) is 0.207. The number of allylic oxidation sites excluding steroid dienone is 4. The zero-order chi connectivity index (χ0) is 28.6. The number of carboxylic acids is 2. The SMILES string of the molecule is CC1=CC=C(c2ccccc2)CC1(C)c1nc2c(ccc3cc(C(=O)N[C@@H](CCC(=O)O)C(=O)O)cc(O)c32)[nH]1. The number of hydrogen-bond acceptors (Lipinski definition) is 5. The van der Waals surface area contributed by atoms with Gasteiger partial charge in [-0.1, -0.05) is 54.1 Å². The molecular formula is C31H29N3O6. The first kappa shape index (κ1) is 26.7. The highest BCUT2D eigenvalue weighted by atomic mass is 16.4. The summed E-state index contributed by atoms with van der Waals surface area (Å²) in [6.07, 6.45) is 4.32. The van der Waals surface area contributed by atoms with E-state index in [-0.39, 0.29) is 17.7 Å². The minimum absolute atomic E-state index is 0.0531. The van der Waals surface area contributed by atoms with Crippen LogP contribution in [-0.2, 0) is 15.0 Å². The fraction of sp³-hybridized carbons (Fsp3) is 0.226. The summed E-state index contributed by atoms with van der Waals surface area (Å²) in [6, 6.07) is 15.2. The van der Waals surface area contributed by atoms with E-state index in [9.17, 15) is 24.6 Å². The number of aromatic amines is 1. The van der Waals surface area contributed by atoms with E-state index in [1.165, 1.54) is 11.6 Å². The average molecular weight is 540 g/mol. The summed E-state index contributed by atoms with van der Waals surface area (Å²) in [5.74, 6) is -2.64. The second-order valence-corrected chi connectivity index (χ2v) is 10.4. The van der Waals surface area contributed by atoms with Crippen LogP contribution in [0, 0.1) is 0 Å². The van der Waals surface area contributed by atoms with Crippen LogP contribution < -0.4 is 5.32 Å². The van der Waals surface area contributed by atoms with Gasteiger partial charge in [0.05, 0.1) is 16.3 Å². The summed E-state index contributed by atoms with van der Waals surface area (Å²) in [7, 11) is 0. The van der Waals surface area contributed by atoms with Gasteiger partial charge in [-0.05, 0) is 61.4 Å². The lowest BCUT2D eigenvalue weighted by atomic mass is 9.72. The molecule has 0 bridgehead atoms. The molecule has 4 aromatic rings. The van der Waals surface area contributed by atoms with E-state index >= 15 is 0 Å². The van der Waals surface area contributed by atoms with E-state index in [1.807, 2.05) is 24.3 Å². The zero-order valence-corrected chi connectivity index (χ0v) is 22.1. The number of benzene rings is 3. The third-order valence-electron chi connectivity index (χ3n) is 7.67. The van der Waals surface area contributed by atoms with Crippen LogP contribution in [0.2, 0.25) is 0 Å². The molecule has 1 aromatic heterocycles. The van der Waals surface area contributed by atoms with Crippen molar-refractivity contribution in [1.82, 2.24) is 15.3 Å². The Balaban J connectivity index is 1.49. The number of H-pyrrole nitrogens is 1. The number of rotatable bonds is 8. The Hall–Kier alpha value is -4.92. The first-order valence-electron chi connectivity index (χ1n) is 12.9. The highest BCUT2D eigenvalue weighted by molar-refractivity contribution is 6.10. The number of amides is 1. The molecular weight excluding hydrogens is 510 g/mol. The van der Waals surface area contributed by atoms with Gasteiger partial charge in [0.25, 0.3) is 5.91 Å². The van der Waals surface area contributed by atoms with Crippen molar-refractivity contribution in [2.45, 2.75) is 44.6 Å². The molecule has 1 heterocycles. The lowest BCUT2D eigenvalue weighted by Crippen LogP contribution is -2.41. The van der Waals surface area contributed by atoms with Gasteiger partial charge in [-0.15, -0.1) is 0 Å². The predicted molar refractivity (Wildman–Crippen MR) is 151 cm³/mol. The van der Waals surface area contributed by atoms with Crippen molar-refractivity contribution in [3.63, 3.8) is 0 Å². The molecule has 0 aliphatic heterocycles. The topological polar surface area (TPSA) is 153 Å². The molecule has 40 heavy (non-hydrogen) atoms. The van der Waals surface area contributed by atoms with Gasteiger partial charge in [0.1, 0.15) is 23.1 Å². The normalized spacial score (nSPS) is 17.8. The van der Waals surface area contributed by atoms with Crippen LogP contribution in [0.3, 0.4) is 0 Å². The van der Waals surface area contributed by atoms with E-state index < -0.39 is 35.7 Å². The number of carboxylic acid groups (broad SMARTS) is 2. The van der Waals surface area contributed by atoms with Crippen LogP contribution in [0.5, 0.6) is 5.75 Å². The number of hydrogen-bond donors (Lipinski definition) is 5. The molecule has 1 unspecified atom stereocenters. The van der Waals surface area contributed by atoms with Gasteiger partial charge < -0.3 is 25.6 Å². The maximum absolute atomic E-state index is 12.8. The Labute approximate surface area is 229 Å². The summed E-state index contributed by atoms with van der Waals surface area (Å²) < 4.78 is 0. The Morgan fingerprint density at radius 2 is 1.82 bits per heavy atom. The number of nitrogens with one attached hydrogen (secondary N) is 2. The maximum Gasteiger partial charge on any atom is 0.326 e. The molecule has 0 radical (unpaired) electrons. The maximum atomic E-state index is 12.8. The van der Waals surface area contributed by atoms with E-state index in [2.05, 4.69) is 48.4 Å². The zero-order valence-electron chi connectivity index (χ0n) is 22.1. The molecule has 0 saturated heterocycles. The number of imidazole rings is 1. The average Bonchev–Trinajstić information content (AvgIpc) is 3.38. The smallest absolute Gasteiger partial charge is 0.326 e. The third kappa shape index (κ3) is 4.93. The Kier molecular flexibility index (Phi) is 6.89. The number of fused-ring (bicyclic) bond motifs is 3. The van der Waals surface area contributed by atoms with E-state index in [0.29, 0.717) is 16.3 Å². The molecule has 1 amide bonds. The van der Waals surface area contributed by atoms with Crippen molar-refractivity contribution in [3.8, 4) is 5.75 Å². The fourth-order valence-electron chi connectivity index (χ4n) is 5.18. The summed E-state index contributed by atoms with van der Waals surface area (Å²) in [5.41, 5.74) is 4.43. The van der Waals surface area contributed by atoms with Crippen molar-refractivity contribution in [2.75, 3.05) is 0 Å². The van der Waals surface area contributed by atoms with Gasteiger partial charge in [0.2, 0.25) is 0 Å². The molecule has 1 aliphatic rings. The van der Waals surface area contributed by atoms with E-state index in [4.69, 9.17) is 10.1 Å². The van der Waals surface area contributed by atoms with Crippen molar-refractivity contribution in [3.05, 3.63) is 89.3 Å². The van der Waals surface area contributed by atoms with Crippen LogP contribution in [-0.4, -0.2) is 49.2 Å². The predicted octanol–water partition coefficient (Wildman–Crippen LogP) is 5.16. The molecule has 1 aliphatic carbocycles. The largest absolute Gasteiger partial charge is 0.507 e. The molecule has 5 rings (SSSR count). The second-order valence-electron chi connectivity index (χ2n) is 10.4. The fourth-order valence-corrected chi connectivity index (χ4v) is 5.18. The first-order valence-corrected chi connectivity index (χ1v) is 12.9. The van der Waals surface area contributed by atoms with Gasteiger partial charge >= 0.3 is 11.9 Å². The number of phenols is 1. The lowest BCUT2D eigenvalue weighted by Gasteiger charge is -2.32. The summed E-state index contributed by atoms with van der Waals surface area (Å²) in [5, 5.41) is 32.6. The van der Waals surface area contributed by atoms with Crippen LogP contribution in [0.4, 0.5) is 0 Å². The molecule has 9 heteroatoms. The van der Waals surface area contributed by atoms with Crippen molar-refractivity contribution in [2.24, 2.45) is 0 Å². The molecule has 2 atom stereocenters. The number of aromatic hydroxyl groups is 1. The molecule has 0 fully saturated rings. The highest BCUT2D eigenvalue weighted by Crippen LogP contribution is 2.43. The number of carbonyl (C=O) groups is 3. The lowest BCUT2D eigenvalue weighted by molar-refractivity contribution is -0.140. The Morgan fingerprint density at radius 1 is 1.07 bits per heavy atom. The van der Waals surface area contributed by atoms with Crippen LogP contribution >= 0.6 is 0 Å². The van der Waals surface area contributed by atoms with Crippen LogP contribution in [0.15, 0.2) is 72.3 Å². The van der Waals surface area contributed by atoms with Crippen molar-refractivity contribution < 1.29 is 29.7 Å². The molecule has 3 aromatic carbocycles. The van der Waals surface area contributed by atoms with Gasteiger partial charge in [-0.2, -0.15) is 0 Å².